The standard InChI is InChI=1S/C36H28F3NO4/c1-43-35(36(37,38)39,27-20-9-4-10-21-27)34(42)40-30(25-15-5-2-6-16-25)32(26-17-7-3-8-18-26)44-33(41)31(40)29-23-13-19-24-14-11-12-22-28(24)29/h2-23,30-32H,1H3/t30-,31+,32+,35?/m0/s1. The second kappa shape index (κ2) is 11.6. The molecule has 8 heteroatoms. The lowest BCUT2D eigenvalue weighted by atomic mass is 9.84. The van der Waals surface area contributed by atoms with Crippen LogP contribution in [-0.4, -0.2) is 30.1 Å². The van der Waals surface area contributed by atoms with Crippen LogP contribution in [0.1, 0.15) is 40.4 Å². The molecule has 0 spiro atoms. The van der Waals surface area contributed by atoms with Crippen LogP contribution < -0.4 is 0 Å². The zero-order valence-corrected chi connectivity index (χ0v) is 23.6. The third kappa shape index (κ3) is 4.81. The van der Waals surface area contributed by atoms with Gasteiger partial charge in [-0.2, -0.15) is 13.2 Å². The van der Waals surface area contributed by atoms with E-state index in [4.69, 9.17) is 9.47 Å². The van der Waals surface area contributed by atoms with Crippen molar-refractivity contribution in [2.45, 2.75) is 30.0 Å². The van der Waals surface area contributed by atoms with Crippen molar-refractivity contribution < 1.29 is 32.2 Å². The van der Waals surface area contributed by atoms with Crippen molar-refractivity contribution in [3.05, 3.63) is 156 Å². The minimum Gasteiger partial charge on any atom is -0.453 e. The van der Waals surface area contributed by atoms with Gasteiger partial charge in [0, 0.05) is 12.7 Å². The smallest absolute Gasteiger partial charge is 0.430 e. The first-order chi connectivity index (χ1) is 21.3. The van der Waals surface area contributed by atoms with Crippen LogP contribution >= 0.6 is 0 Å². The number of amides is 1. The summed E-state index contributed by atoms with van der Waals surface area (Å²) in [5.41, 5.74) is -2.47. The summed E-state index contributed by atoms with van der Waals surface area (Å²) in [5.74, 6) is -2.28. The summed E-state index contributed by atoms with van der Waals surface area (Å²) in [6, 6.07) is 33.9. The number of carbonyl (C=O) groups excluding carboxylic acids is 2. The molecule has 1 heterocycles. The van der Waals surface area contributed by atoms with Crippen LogP contribution in [0.2, 0.25) is 0 Å². The number of alkyl halides is 3. The highest BCUT2D eigenvalue weighted by atomic mass is 19.4. The monoisotopic (exact) mass is 595 g/mol. The lowest BCUT2D eigenvalue weighted by Crippen LogP contribution is -2.61. The average molecular weight is 596 g/mol. The quantitative estimate of drug-likeness (QED) is 0.188. The fourth-order valence-electron chi connectivity index (χ4n) is 6.15. The Morgan fingerprint density at radius 1 is 0.727 bits per heavy atom. The van der Waals surface area contributed by atoms with Gasteiger partial charge in [0.25, 0.3) is 11.5 Å². The van der Waals surface area contributed by atoms with Gasteiger partial charge in [0.1, 0.15) is 0 Å². The van der Waals surface area contributed by atoms with Gasteiger partial charge in [-0.3, -0.25) is 4.79 Å². The maximum absolute atomic E-state index is 15.4. The Bertz CT molecular complexity index is 1770. The van der Waals surface area contributed by atoms with Crippen molar-refractivity contribution >= 4 is 22.6 Å². The number of nitrogens with zero attached hydrogens (tertiary/aromatic N) is 1. The molecule has 0 N–H and O–H groups in total. The maximum Gasteiger partial charge on any atom is 0.430 e. The van der Waals surface area contributed by atoms with Gasteiger partial charge >= 0.3 is 12.1 Å². The minimum atomic E-state index is -5.20. The molecule has 0 aliphatic carbocycles. The first-order valence-corrected chi connectivity index (χ1v) is 14.1. The number of halogens is 3. The second-order valence-corrected chi connectivity index (χ2v) is 10.6. The van der Waals surface area contributed by atoms with Crippen molar-refractivity contribution in [1.29, 1.82) is 0 Å². The third-order valence-corrected chi connectivity index (χ3v) is 8.14. The Hall–Kier alpha value is -4.95. The Kier molecular flexibility index (Phi) is 7.69. The first kappa shape index (κ1) is 29.1. The second-order valence-electron chi connectivity index (χ2n) is 10.6. The van der Waals surface area contributed by atoms with E-state index in [-0.39, 0.29) is 0 Å². The van der Waals surface area contributed by atoms with E-state index in [2.05, 4.69) is 0 Å². The molecule has 5 nitrogen and oxygen atoms in total. The van der Waals surface area contributed by atoms with Gasteiger partial charge in [-0.25, -0.2) is 4.79 Å². The summed E-state index contributed by atoms with van der Waals surface area (Å²) in [5, 5.41) is 1.36. The van der Waals surface area contributed by atoms with E-state index >= 15 is 13.2 Å². The maximum atomic E-state index is 15.4. The van der Waals surface area contributed by atoms with Crippen molar-refractivity contribution in [2.24, 2.45) is 0 Å². The number of benzene rings is 5. The number of ether oxygens (including phenoxy) is 2. The van der Waals surface area contributed by atoms with Crippen LogP contribution in [0, 0.1) is 0 Å². The Morgan fingerprint density at radius 2 is 1.27 bits per heavy atom. The molecule has 5 aromatic carbocycles. The number of carbonyl (C=O) groups is 2. The van der Waals surface area contributed by atoms with Gasteiger partial charge < -0.3 is 14.4 Å². The Labute approximate surface area is 252 Å². The average Bonchev–Trinajstić information content (AvgIpc) is 3.05. The lowest BCUT2D eigenvalue weighted by Gasteiger charge is -2.49. The largest absolute Gasteiger partial charge is 0.453 e. The molecule has 1 aliphatic rings. The zero-order chi connectivity index (χ0) is 30.9. The molecule has 1 fully saturated rings. The van der Waals surface area contributed by atoms with E-state index in [0.29, 0.717) is 22.1 Å². The molecule has 44 heavy (non-hydrogen) atoms. The van der Waals surface area contributed by atoms with Crippen molar-refractivity contribution in [3.63, 3.8) is 0 Å². The molecule has 1 aliphatic heterocycles. The summed E-state index contributed by atoms with van der Waals surface area (Å²) >= 11 is 0. The molecule has 4 atom stereocenters. The van der Waals surface area contributed by atoms with E-state index in [0.717, 1.165) is 17.4 Å². The molecule has 0 saturated carbocycles. The Balaban J connectivity index is 1.67. The van der Waals surface area contributed by atoms with Crippen LogP contribution in [0.3, 0.4) is 0 Å². The van der Waals surface area contributed by atoms with Crippen LogP contribution in [-0.2, 0) is 24.7 Å². The highest BCUT2D eigenvalue weighted by Crippen LogP contribution is 2.52. The number of cyclic esters (lactones) is 1. The van der Waals surface area contributed by atoms with Gasteiger partial charge in [-0.1, -0.05) is 133 Å². The van der Waals surface area contributed by atoms with Gasteiger partial charge in [0.15, 0.2) is 12.1 Å². The third-order valence-electron chi connectivity index (χ3n) is 8.14. The van der Waals surface area contributed by atoms with Crippen molar-refractivity contribution in [3.8, 4) is 0 Å². The fraction of sp³-hybridized carbons (Fsp3) is 0.167. The molecule has 1 amide bonds. The lowest BCUT2D eigenvalue weighted by molar-refractivity contribution is -0.275. The molecule has 0 aromatic heterocycles. The zero-order valence-electron chi connectivity index (χ0n) is 23.6. The number of rotatable bonds is 6. The van der Waals surface area contributed by atoms with E-state index in [1.165, 1.54) is 24.3 Å². The predicted molar refractivity (Wildman–Crippen MR) is 159 cm³/mol. The van der Waals surface area contributed by atoms with Crippen LogP contribution in [0.15, 0.2) is 133 Å². The van der Waals surface area contributed by atoms with E-state index in [1.54, 1.807) is 91.0 Å². The van der Waals surface area contributed by atoms with E-state index in [9.17, 15) is 9.59 Å². The van der Waals surface area contributed by atoms with Gasteiger partial charge in [0.05, 0.1) is 6.04 Å². The minimum absolute atomic E-state index is 0.342. The van der Waals surface area contributed by atoms with Gasteiger partial charge in [0.2, 0.25) is 0 Å². The number of methoxy groups -OCH3 is 1. The highest BCUT2D eigenvalue weighted by molar-refractivity contribution is 5.97. The Morgan fingerprint density at radius 3 is 1.89 bits per heavy atom. The molecular formula is C36H28F3NO4. The molecule has 0 bridgehead atoms. The van der Waals surface area contributed by atoms with Crippen molar-refractivity contribution in [2.75, 3.05) is 7.11 Å². The number of hydrogen-bond acceptors (Lipinski definition) is 4. The topological polar surface area (TPSA) is 55.8 Å². The summed E-state index contributed by atoms with van der Waals surface area (Å²) in [6.45, 7) is 0. The number of esters is 1. The SMILES string of the molecule is COC(C(=O)N1[C@H](c2cccc3ccccc23)C(=O)O[C@H](c2ccccc2)[C@@H]1c1ccccc1)(c1ccccc1)C(F)(F)F. The molecule has 5 aromatic rings. The van der Waals surface area contributed by atoms with Crippen LogP contribution in [0.25, 0.3) is 10.8 Å². The molecule has 0 radical (unpaired) electrons. The molecule has 6 rings (SSSR count). The predicted octanol–water partition coefficient (Wildman–Crippen LogP) is 7.85. The van der Waals surface area contributed by atoms with Crippen LogP contribution in [0.5, 0.6) is 0 Å². The molecular weight excluding hydrogens is 567 g/mol. The number of fused-ring (bicyclic) bond motifs is 1. The normalized spacial score (nSPS) is 20.1. The van der Waals surface area contributed by atoms with Gasteiger partial charge in [-0.05, 0) is 27.5 Å². The number of morpholine rings is 1. The summed E-state index contributed by atoms with van der Waals surface area (Å²) < 4.78 is 57.6. The van der Waals surface area contributed by atoms with Crippen LogP contribution in [0.4, 0.5) is 13.2 Å². The molecule has 222 valence electrons. The highest BCUT2D eigenvalue weighted by Gasteiger charge is 2.66. The van der Waals surface area contributed by atoms with E-state index < -0.39 is 47.4 Å². The fourth-order valence-corrected chi connectivity index (χ4v) is 6.15. The van der Waals surface area contributed by atoms with E-state index in [1.807, 2.05) is 18.2 Å². The first-order valence-electron chi connectivity index (χ1n) is 14.1. The van der Waals surface area contributed by atoms with Gasteiger partial charge in [-0.15, -0.1) is 0 Å². The molecule has 1 unspecified atom stereocenters. The van der Waals surface area contributed by atoms with Crippen molar-refractivity contribution in [1.82, 2.24) is 4.90 Å². The summed E-state index contributed by atoms with van der Waals surface area (Å²) in [6.07, 6.45) is -6.31. The molecule has 1 saturated heterocycles. The summed E-state index contributed by atoms with van der Waals surface area (Å²) in [4.78, 5) is 30.2. The summed E-state index contributed by atoms with van der Waals surface area (Å²) in [7, 11) is 0.861. The number of hydrogen-bond donors (Lipinski definition) is 0.